The van der Waals surface area contributed by atoms with Crippen LogP contribution in [0, 0.1) is 0 Å². The molecule has 3 rings (SSSR count). The highest BCUT2D eigenvalue weighted by molar-refractivity contribution is 7.89. The number of hydrogen-bond donors (Lipinski definition) is 0. The molecular weight excluding hydrogens is 383 g/mol. The van der Waals surface area contributed by atoms with Gasteiger partial charge in [-0.25, -0.2) is 8.42 Å². The van der Waals surface area contributed by atoms with Gasteiger partial charge in [0.25, 0.3) is 0 Å². The Balaban J connectivity index is 1.71. The van der Waals surface area contributed by atoms with Gasteiger partial charge in [0.1, 0.15) is 0 Å². The van der Waals surface area contributed by atoms with Crippen LogP contribution < -0.4 is 4.74 Å². The minimum atomic E-state index is -3.60. The van der Waals surface area contributed by atoms with Crippen molar-refractivity contribution in [3.8, 4) is 5.75 Å². The van der Waals surface area contributed by atoms with Crippen LogP contribution in [-0.2, 0) is 10.0 Å². The minimum Gasteiger partial charge on any atom is -0.494 e. The first-order chi connectivity index (χ1) is 11.9. The highest BCUT2D eigenvalue weighted by Crippen LogP contribution is 2.36. The van der Waals surface area contributed by atoms with Gasteiger partial charge in [0, 0.05) is 32.2 Å². The maximum atomic E-state index is 12.9. The second-order valence-electron chi connectivity index (χ2n) is 6.65. The molecule has 0 bridgehead atoms. The zero-order valence-electron chi connectivity index (χ0n) is 14.4. The number of methoxy groups -OCH3 is 1. The normalized spacial score (nSPS) is 21.4. The average Bonchev–Trinajstić information content (AvgIpc) is 2.62. The van der Waals surface area contributed by atoms with Crippen LogP contribution in [0.3, 0.4) is 0 Å². The van der Waals surface area contributed by atoms with Crippen LogP contribution in [0.2, 0.25) is 10.0 Å². The van der Waals surface area contributed by atoms with Gasteiger partial charge in [0.15, 0.2) is 5.75 Å². The average molecular weight is 407 g/mol. The molecule has 2 fully saturated rings. The van der Waals surface area contributed by atoms with E-state index in [0.717, 1.165) is 13.1 Å². The molecule has 0 atom stereocenters. The van der Waals surface area contributed by atoms with Gasteiger partial charge in [-0.2, -0.15) is 4.31 Å². The van der Waals surface area contributed by atoms with E-state index in [1.165, 1.54) is 55.7 Å². The van der Waals surface area contributed by atoms with Crippen LogP contribution in [0.4, 0.5) is 0 Å². The molecule has 5 nitrogen and oxygen atoms in total. The number of benzene rings is 1. The number of piperazine rings is 1. The summed E-state index contributed by atoms with van der Waals surface area (Å²) in [7, 11) is -2.15. The van der Waals surface area contributed by atoms with Gasteiger partial charge in [0.2, 0.25) is 10.0 Å². The fourth-order valence-corrected chi connectivity index (χ4v) is 6.03. The summed E-state index contributed by atoms with van der Waals surface area (Å²) in [4.78, 5) is 2.56. The number of halogens is 2. The molecule has 0 aromatic heterocycles. The van der Waals surface area contributed by atoms with Gasteiger partial charge in [0.05, 0.1) is 22.1 Å². The van der Waals surface area contributed by atoms with E-state index in [4.69, 9.17) is 27.9 Å². The minimum absolute atomic E-state index is 0.120. The van der Waals surface area contributed by atoms with Crippen LogP contribution >= 0.6 is 23.2 Å². The fraction of sp³-hybridized carbons (Fsp3) is 0.647. The van der Waals surface area contributed by atoms with E-state index in [9.17, 15) is 8.42 Å². The van der Waals surface area contributed by atoms with E-state index in [-0.39, 0.29) is 14.9 Å². The van der Waals surface area contributed by atoms with Crippen molar-refractivity contribution in [3.05, 3.63) is 22.2 Å². The van der Waals surface area contributed by atoms with Crippen molar-refractivity contribution in [1.82, 2.24) is 9.21 Å². The first kappa shape index (κ1) is 19.2. The monoisotopic (exact) mass is 406 g/mol. The Morgan fingerprint density at radius 2 is 1.56 bits per heavy atom. The highest BCUT2D eigenvalue weighted by atomic mass is 35.5. The van der Waals surface area contributed by atoms with Crippen LogP contribution in [0.15, 0.2) is 17.0 Å². The van der Waals surface area contributed by atoms with Gasteiger partial charge >= 0.3 is 0 Å². The maximum absolute atomic E-state index is 12.9. The van der Waals surface area contributed by atoms with Crippen molar-refractivity contribution >= 4 is 33.2 Å². The van der Waals surface area contributed by atoms with E-state index in [1.54, 1.807) is 0 Å². The molecule has 0 unspecified atom stereocenters. The standard InChI is InChI=1S/C17H24Cl2N2O3S/c1-24-17-15(18)11-14(12-16(17)19)25(22,23)21-9-7-20(8-10-21)13-5-3-2-4-6-13/h11-13H,2-10H2,1H3. The van der Waals surface area contributed by atoms with Crippen molar-refractivity contribution in [2.24, 2.45) is 0 Å². The molecule has 1 aliphatic carbocycles. The van der Waals surface area contributed by atoms with E-state index in [1.807, 2.05) is 0 Å². The van der Waals surface area contributed by atoms with Gasteiger partial charge in [-0.1, -0.05) is 42.5 Å². The summed E-state index contributed by atoms with van der Waals surface area (Å²) >= 11 is 12.2. The third-order valence-corrected chi connectivity index (χ3v) is 7.62. The zero-order chi connectivity index (χ0) is 18.0. The number of ether oxygens (including phenoxy) is 1. The molecule has 0 N–H and O–H groups in total. The Morgan fingerprint density at radius 1 is 1.00 bits per heavy atom. The van der Waals surface area contributed by atoms with E-state index in [2.05, 4.69) is 4.90 Å². The van der Waals surface area contributed by atoms with Crippen molar-refractivity contribution in [2.75, 3.05) is 33.3 Å². The lowest BCUT2D eigenvalue weighted by Crippen LogP contribution is -2.52. The van der Waals surface area contributed by atoms with Crippen molar-refractivity contribution < 1.29 is 13.2 Å². The smallest absolute Gasteiger partial charge is 0.243 e. The summed E-state index contributed by atoms with van der Waals surface area (Å²) in [5.41, 5.74) is 0. The summed E-state index contributed by atoms with van der Waals surface area (Å²) in [6.45, 7) is 2.56. The molecule has 1 saturated heterocycles. The lowest BCUT2D eigenvalue weighted by atomic mass is 9.94. The lowest BCUT2D eigenvalue weighted by molar-refractivity contribution is 0.111. The predicted octanol–water partition coefficient (Wildman–Crippen LogP) is 3.64. The topological polar surface area (TPSA) is 49.9 Å². The predicted molar refractivity (Wildman–Crippen MR) is 100 cm³/mol. The van der Waals surface area contributed by atoms with Crippen LogP contribution in [0.25, 0.3) is 0 Å². The van der Waals surface area contributed by atoms with Crippen LogP contribution in [0.5, 0.6) is 5.75 Å². The molecule has 25 heavy (non-hydrogen) atoms. The summed E-state index contributed by atoms with van der Waals surface area (Å²) in [6, 6.07) is 3.44. The quantitative estimate of drug-likeness (QED) is 0.765. The fourth-order valence-electron chi connectivity index (χ4n) is 3.78. The highest BCUT2D eigenvalue weighted by Gasteiger charge is 2.32. The van der Waals surface area contributed by atoms with Crippen LogP contribution in [-0.4, -0.2) is 57.0 Å². The first-order valence-corrected chi connectivity index (χ1v) is 10.9. The van der Waals surface area contributed by atoms with Crippen LogP contribution in [0.1, 0.15) is 32.1 Å². The molecule has 1 aromatic rings. The lowest BCUT2D eigenvalue weighted by Gasteiger charge is -2.40. The molecule has 2 aliphatic rings. The summed E-state index contributed by atoms with van der Waals surface area (Å²) in [5.74, 6) is 0.296. The van der Waals surface area contributed by atoms with Gasteiger partial charge in [-0.15, -0.1) is 0 Å². The first-order valence-electron chi connectivity index (χ1n) is 8.70. The Bertz CT molecular complexity index is 690. The maximum Gasteiger partial charge on any atom is 0.243 e. The molecule has 1 aromatic carbocycles. The second kappa shape index (κ2) is 8.01. The third-order valence-electron chi connectivity index (χ3n) is 5.18. The molecule has 0 spiro atoms. The molecule has 8 heteroatoms. The number of nitrogens with zero attached hydrogens (tertiary/aromatic N) is 2. The largest absolute Gasteiger partial charge is 0.494 e. The summed E-state index contributed by atoms with van der Waals surface area (Å²) < 4.78 is 32.5. The van der Waals surface area contributed by atoms with E-state index < -0.39 is 10.0 Å². The number of rotatable bonds is 4. The molecule has 1 heterocycles. The van der Waals surface area contributed by atoms with Gasteiger partial charge < -0.3 is 4.74 Å². The Hall–Kier alpha value is -0.530. The Kier molecular flexibility index (Phi) is 6.16. The second-order valence-corrected chi connectivity index (χ2v) is 9.40. The van der Waals surface area contributed by atoms with Gasteiger partial charge in [-0.05, 0) is 25.0 Å². The molecule has 1 saturated carbocycles. The molecule has 0 amide bonds. The SMILES string of the molecule is COc1c(Cl)cc(S(=O)(=O)N2CCN(C3CCCCC3)CC2)cc1Cl. The third kappa shape index (κ3) is 4.08. The van der Waals surface area contributed by atoms with Gasteiger partial charge in [-0.3, -0.25) is 4.90 Å². The van der Waals surface area contributed by atoms with E-state index >= 15 is 0 Å². The zero-order valence-corrected chi connectivity index (χ0v) is 16.7. The molecule has 0 radical (unpaired) electrons. The summed E-state index contributed by atoms with van der Waals surface area (Å²) in [6.07, 6.45) is 6.36. The Labute approximate surface area is 159 Å². The van der Waals surface area contributed by atoms with Crippen molar-refractivity contribution in [2.45, 2.75) is 43.0 Å². The number of sulfonamides is 1. The molecular formula is C17H24Cl2N2O3S. The summed E-state index contributed by atoms with van der Waals surface area (Å²) in [5, 5.41) is 0.406. The number of hydrogen-bond acceptors (Lipinski definition) is 4. The van der Waals surface area contributed by atoms with Crippen molar-refractivity contribution in [3.63, 3.8) is 0 Å². The molecule has 1 aliphatic heterocycles. The molecule has 140 valence electrons. The Morgan fingerprint density at radius 3 is 2.08 bits per heavy atom. The van der Waals surface area contributed by atoms with E-state index in [0.29, 0.717) is 24.9 Å². The van der Waals surface area contributed by atoms with Crippen molar-refractivity contribution in [1.29, 1.82) is 0 Å².